The van der Waals surface area contributed by atoms with E-state index in [4.69, 9.17) is 16.3 Å². The molecule has 164 valence electrons. The molecule has 31 heavy (non-hydrogen) atoms. The summed E-state index contributed by atoms with van der Waals surface area (Å²) < 4.78 is 46.6. The number of halogens is 4. The lowest BCUT2D eigenvalue weighted by Gasteiger charge is -2.25. The van der Waals surface area contributed by atoms with E-state index in [9.17, 15) is 13.2 Å². The van der Waals surface area contributed by atoms with Crippen LogP contribution in [0, 0.1) is 0 Å². The van der Waals surface area contributed by atoms with Gasteiger partial charge in [0.05, 0.1) is 6.10 Å². The van der Waals surface area contributed by atoms with Crippen LogP contribution in [0.2, 0.25) is 5.02 Å². The van der Waals surface area contributed by atoms with Gasteiger partial charge in [-0.05, 0) is 62.4 Å². The van der Waals surface area contributed by atoms with Crippen LogP contribution in [0.15, 0.2) is 54.7 Å². The summed E-state index contributed by atoms with van der Waals surface area (Å²) in [4.78, 5) is 11.2. The highest BCUT2D eigenvalue weighted by Crippen LogP contribution is 2.38. The maximum Gasteiger partial charge on any atom is 0.421 e. The van der Waals surface area contributed by atoms with Crippen LogP contribution in [-0.2, 0) is 6.18 Å². The predicted octanol–water partition coefficient (Wildman–Crippen LogP) is 6.47. The van der Waals surface area contributed by atoms with Crippen LogP contribution < -0.4 is 14.5 Å². The average molecular weight is 451 g/mol. The molecule has 3 rings (SSSR count). The van der Waals surface area contributed by atoms with Gasteiger partial charge in [0.15, 0.2) is 5.82 Å². The van der Waals surface area contributed by atoms with Crippen LogP contribution in [0.5, 0.6) is 5.75 Å². The Morgan fingerprint density at radius 2 is 1.45 bits per heavy atom. The first kappa shape index (κ1) is 22.7. The number of hydrogen-bond acceptors (Lipinski definition) is 5. The molecule has 0 aliphatic rings. The molecule has 0 saturated heterocycles. The third-order valence-corrected chi connectivity index (χ3v) is 4.74. The van der Waals surface area contributed by atoms with E-state index in [2.05, 4.69) is 9.97 Å². The molecule has 0 radical (unpaired) electrons. The number of nitrogens with zero attached hydrogens (tertiary/aromatic N) is 4. The molecule has 1 heterocycles. The van der Waals surface area contributed by atoms with Crippen molar-refractivity contribution in [3.05, 3.63) is 65.3 Å². The molecule has 0 spiro atoms. The van der Waals surface area contributed by atoms with E-state index in [0.717, 1.165) is 6.20 Å². The first-order valence-corrected chi connectivity index (χ1v) is 9.88. The number of rotatable bonds is 6. The number of benzene rings is 2. The zero-order chi connectivity index (χ0) is 22.8. The molecule has 2 aromatic carbocycles. The Kier molecular flexibility index (Phi) is 6.59. The summed E-state index contributed by atoms with van der Waals surface area (Å²) in [6.07, 6.45) is -3.81. The van der Waals surface area contributed by atoms with Crippen molar-refractivity contribution in [2.24, 2.45) is 0 Å². The van der Waals surface area contributed by atoms with Gasteiger partial charge in [-0.3, -0.25) is 0 Å². The zero-order valence-electron chi connectivity index (χ0n) is 17.5. The van der Waals surface area contributed by atoms with Crippen molar-refractivity contribution >= 4 is 34.7 Å². The molecule has 0 aliphatic heterocycles. The van der Waals surface area contributed by atoms with Crippen LogP contribution in [-0.4, -0.2) is 30.2 Å². The van der Waals surface area contributed by atoms with Crippen molar-refractivity contribution in [3.63, 3.8) is 0 Å². The Balaban J connectivity index is 2.00. The molecular formula is C22H22ClF3N4O. The van der Waals surface area contributed by atoms with E-state index < -0.39 is 11.7 Å². The number of alkyl halides is 3. The Morgan fingerprint density at radius 3 is 2.00 bits per heavy atom. The van der Waals surface area contributed by atoms with Gasteiger partial charge in [0.25, 0.3) is 0 Å². The molecule has 0 amide bonds. The smallest absolute Gasteiger partial charge is 0.421 e. The van der Waals surface area contributed by atoms with Crippen molar-refractivity contribution in [2.75, 3.05) is 23.9 Å². The minimum absolute atomic E-state index is 0.00626. The van der Waals surface area contributed by atoms with Gasteiger partial charge >= 0.3 is 6.18 Å². The normalized spacial score (nSPS) is 11.5. The second-order valence-corrected chi connectivity index (χ2v) is 7.60. The number of ether oxygens (including phenoxy) is 1. The Hall–Kier alpha value is -3.00. The van der Waals surface area contributed by atoms with E-state index in [1.165, 1.54) is 11.9 Å². The Labute approximate surface area is 184 Å². The average Bonchev–Trinajstić information content (AvgIpc) is 2.72. The van der Waals surface area contributed by atoms with Crippen molar-refractivity contribution in [2.45, 2.75) is 26.1 Å². The van der Waals surface area contributed by atoms with Crippen molar-refractivity contribution in [1.82, 2.24) is 9.97 Å². The van der Waals surface area contributed by atoms with Crippen LogP contribution in [0.25, 0.3) is 0 Å². The van der Waals surface area contributed by atoms with Gasteiger partial charge in [-0.2, -0.15) is 18.2 Å². The van der Waals surface area contributed by atoms with Gasteiger partial charge in [0.1, 0.15) is 11.3 Å². The summed E-state index contributed by atoms with van der Waals surface area (Å²) in [6.45, 7) is 3.80. The highest BCUT2D eigenvalue weighted by Gasteiger charge is 2.37. The van der Waals surface area contributed by atoms with Crippen LogP contribution in [0.4, 0.5) is 36.3 Å². The van der Waals surface area contributed by atoms with Crippen molar-refractivity contribution < 1.29 is 17.9 Å². The van der Waals surface area contributed by atoms with E-state index in [1.54, 1.807) is 60.5 Å². The summed E-state index contributed by atoms with van der Waals surface area (Å²) in [5.41, 5.74) is 0.291. The molecule has 3 aromatic rings. The molecular weight excluding hydrogens is 429 g/mol. The van der Waals surface area contributed by atoms with Gasteiger partial charge in [0.2, 0.25) is 5.95 Å². The molecule has 9 heteroatoms. The molecule has 0 bridgehead atoms. The summed E-state index contributed by atoms with van der Waals surface area (Å²) in [5.74, 6) is 0.502. The fourth-order valence-corrected chi connectivity index (χ4v) is 3.03. The topological polar surface area (TPSA) is 41.5 Å². The lowest BCUT2D eigenvalue weighted by molar-refractivity contribution is -0.137. The number of anilines is 4. The first-order valence-electron chi connectivity index (χ1n) is 9.50. The minimum atomic E-state index is -4.61. The minimum Gasteiger partial charge on any atom is -0.491 e. The molecule has 0 unspecified atom stereocenters. The van der Waals surface area contributed by atoms with Gasteiger partial charge < -0.3 is 14.5 Å². The third kappa shape index (κ3) is 5.38. The van der Waals surface area contributed by atoms with E-state index in [0.29, 0.717) is 22.1 Å². The summed E-state index contributed by atoms with van der Waals surface area (Å²) in [5, 5.41) is 0.552. The fourth-order valence-electron chi connectivity index (χ4n) is 2.90. The largest absolute Gasteiger partial charge is 0.491 e. The predicted molar refractivity (Wildman–Crippen MR) is 117 cm³/mol. The van der Waals surface area contributed by atoms with Gasteiger partial charge in [-0.1, -0.05) is 11.6 Å². The maximum atomic E-state index is 13.7. The fraction of sp³-hybridized carbons (Fsp3) is 0.273. The molecule has 5 nitrogen and oxygen atoms in total. The highest BCUT2D eigenvalue weighted by molar-refractivity contribution is 6.30. The Morgan fingerprint density at radius 1 is 0.903 bits per heavy atom. The number of hydrogen-bond donors (Lipinski definition) is 0. The summed E-state index contributed by atoms with van der Waals surface area (Å²) in [6, 6.07) is 13.6. The van der Waals surface area contributed by atoms with Crippen molar-refractivity contribution in [3.8, 4) is 5.75 Å². The molecule has 0 saturated carbocycles. The van der Waals surface area contributed by atoms with Crippen LogP contribution in [0.1, 0.15) is 19.4 Å². The molecule has 0 aliphatic carbocycles. The molecule has 0 fully saturated rings. The van der Waals surface area contributed by atoms with E-state index in [1.807, 2.05) is 13.8 Å². The zero-order valence-corrected chi connectivity index (χ0v) is 18.2. The lowest BCUT2D eigenvalue weighted by atomic mass is 10.2. The quantitative estimate of drug-likeness (QED) is 0.430. The monoisotopic (exact) mass is 450 g/mol. The molecule has 0 atom stereocenters. The van der Waals surface area contributed by atoms with Gasteiger partial charge in [0, 0.05) is 36.7 Å². The highest BCUT2D eigenvalue weighted by atomic mass is 35.5. The van der Waals surface area contributed by atoms with Crippen LogP contribution in [0.3, 0.4) is 0 Å². The standard InChI is InChI=1S/C22H22ClF3N4O/c1-14(2)31-18-11-9-16(10-12-18)29(3)20-19(22(24,25)26)13-27-21(28-20)30(4)17-7-5-15(23)6-8-17/h5-14H,1-4H3. The summed E-state index contributed by atoms with van der Waals surface area (Å²) in [7, 11) is 3.20. The first-order chi connectivity index (χ1) is 14.6. The van der Waals surface area contributed by atoms with E-state index >= 15 is 0 Å². The molecule has 0 N–H and O–H groups in total. The second-order valence-electron chi connectivity index (χ2n) is 7.16. The van der Waals surface area contributed by atoms with Crippen LogP contribution >= 0.6 is 11.6 Å². The van der Waals surface area contributed by atoms with E-state index in [-0.39, 0.29) is 17.9 Å². The second kappa shape index (κ2) is 9.01. The summed E-state index contributed by atoms with van der Waals surface area (Å²) >= 11 is 5.92. The molecule has 1 aromatic heterocycles. The number of aromatic nitrogens is 2. The van der Waals surface area contributed by atoms with Gasteiger partial charge in [-0.15, -0.1) is 0 Å². The lowest BCUT2D eigenvalue weighted by Crippen LogP contribution is -2.21. The third-order valence-electron chi connectivity index (χ3n) is 4.49. The SMILES string of the molecule is CC(C)Oc1ccc(N(C)c2nc(N(C)c3ccc(Cl)cc3)ncc2C(F)(F)F)cc1. The Bertz CT molecular complexity index is 1020. The maximum absolute atomic E-state index is 13.7. The van der Waals surface area contributed by atoms with Crippen molar-refractivity contribution in [1.29, 1.82) is 0 Å². The van der Waals surface area contributed by atoms with Gasteiger partial charge in [-0.25, -0.2) is 4.98 Å².